The zero-order chi connectivity index (χ0) is 10.8. The number of methoxy groups -OCH3 is 1. The van der Waals surface area contributed by atoms with Crippen LogP contribution < -0.4 is 5.32 Å². The zero-order valence-corrected chi connectivity index (χ0v) is 8.84. The summed E-state index contributed by atoms with van der Waals surface area (Å²) in [4.78, 5) is 22.5. The largest absolute Gasteiger partial charge is 0.381 e. The molecule has 2 aliphatic rings. The van der Waals surface area contributed by atoms with Gasteiger partial charge in [0.25, 0.3) is 5.91 Å². The summed E-state index contributed by atoms with van der Waals surface area (Å²) >= 11 is 0. The fourth-order valence-electron chi connectivity index (χ4n) is 2.25. The van der Waals surface area contributed by atoms with Crippen LogP contribution in [0.2, 0.25) is 0 Å². The molecule has 82 valence electrons. The topological polar surface area (TPSA) is 55.4 Å². The number of ether oxygens (including phenoxy) is 1. The monoisotopic (exact) mass is 209 g/mol. The van der Waals surface area contributed by atoms with Gasteiger partial charge in [0.15, 0.2) is 0 Å². The van der Waals surface area contributed by atoms with Gasteiger partial charge in [0, 0.05) is 12.7 Å². The molecule has 15 heavy (non-hydrogen) atoms. The highest BCUT2D eigenvalue weighted by atomic mass is 16.5. The van der Waals surface area contributed by atoms with Crippen LogP contribution in [0.25, 0.3) is 0 Å². The molecule has 0 aromatic heterocycles. The summed E-state index contributed by atoms with van der Waals surface area (Å²) < 4.78 is 5.26. The second-order valence-electron chi connectivity index (χ2n) is 4.07. The van der Waals surface area contributed by atoms with Crippen LogP contribution in [0.15, 0.2) is 11.1 Å². The van der Waals surface area contributed by atoms with E-state index in [2.05, 4.69) is 5.32 Å². The third-order valence-electron chi connectivity index (χ3n) is 3.16. The molecule has 1 saturated heterocycles. The van der Waals surface area contributed by atoms with E-state index in [1.54, 1.807) is 7.11 Å². The summed E-state index contributed by atoms with van der Waals surface area (Å²) in [5, 5.41) is 2.32. The second-order valence-corrected chi connectivity index (χ2v) is 4.07. The molecular weight excluding hydrogens is 194 g/mol. The Labute approximate surface area is 88.7 Å². The highest BCUT2D eigenvalue weighted by Gasteiger charge is 2.28. The van der Waals surface area contributed by atoms with Crippen molar-refractivity contribution in [2.75, 3.05) is 7.11 Å². The lowest BCUT2D eigenvalue weighted by Crippen LogP contribution is -2.21. The van der Waals surface area contributed by atoms with Gasteiger partial charge >= 0.3 is 0 Å². The van der Waals surface area contributed by atoms with Crippen LogP contribution in [-0.4, -0.2) is 25.0 Å². The molecule has 1 N–H and O–H groups in total. The van der Waals surface area contributed by atoms with Gasteiger partial charge in [0.05, 0.1) is 12.5 Å². The number of nitrogens with one attached hydrogen (secondary N) is 1. The van der Waals surface area contributed by atoms with Crippen LogP contribution in [0.4, 0.5) is 0 Å². The van der Waals surface area contributed by atoms with E-state index in [1.807, 2.05) is 0 Å². The molecule has 2 rings (SSSR count). The third-order valence-corrected chi connectivity index (χ3v) is 3.16. The number of carbonyl (C=O) groups excluding carboxylic acids is 2. The number of imide groups is 1. The molecule has 4 nitrogen and oxygen atoms in total. The number of allylic oxidation sites excluding steroid dienone is 1. The molecule has 0 unspecified atom stereocenters. The van der Waals surface area contributed by atoms with Gasteiger partial charge in [-0.1, -0.05) is 5.57 Å². The van der Waals surface area contributed by atoms with Gasteiger partial charge < -0.3 is 4.74 Å². The predicted octanol–water partition coefficient (Wildman–Crippen LogP) is 0.918. The molecule has 0 aromatic rings. The highest BCUT2D eigenvalue weighted by Crippen LogP contribution is 2.30. The van der Waals surface area contributed by atoms with Gasteiger partial charge in [0.1, 0.15) is 0 Å². The van der Waals surface area contributed by atoms with Crippen LogP contribution in [0, 0.1) is 0 Å². The van der Waals surface area contributed by atoms with Gasteiger partial charge in [0.2, 0.25) is 5.91 Å². The standard InChI is InChI=1S/C11H15NO3/c1-15-8-4-2-7(3-5-8)9-6-10(13)12-11(9)14/h8H,2-6H2,1H3,(H,12,13,14). The van der Waals surface area contributed by atoms with Crippen molar-refractivity contribution in [3.63, 3.8) is 0 Å². The minimum Gasteiger partial charge on any atom is -0.381 e. The highest BCUT2D eigenvalue weighted by molar-refractivity contribution is 6.13. The van der Waals surface area contributed by atoms with Crippen molar-refractivity contribution in [2.45, 2.75) is 38.2 Å². The van der Waals surface area contributed by atoms with Crippen molar-refractivity contribution >= 4 is 11.8 Å². The number of carbonyl (C=O) groups is 2. The van der Waals surface area contributed by atoms with Gasteiger partial charge in [-0.05, 0) is 25.7 Å². The van der Waals surface area contributed by atoms with E-state index in [1.165, 1.54) is 0 Å². The van der Waals surface area contributed by atoms with Crippen LogP contribution in [-0.2, 0) is 14.3 Å². The van der Waals surface area contributed by atoms with Crippen LogP contribution in [0.3, 0.4) is 0 Å². The van der Waals surface area contributed by atoms with E-state index in [0.29, 0.717) is 11.7 Å². The lowest BCUT2D eigenvalue weighted by atomic mass is 9.88. The molecule has 0 bridgehead atoms. The maximum atomic E-state index is 11.4. The zero-order valence-electron chi connectivity index (χ0n) is 8.84. The van der Waals surface area contributed by atoms with E-state index in [-0.39, 0.29) is 18.2 Å². The second kappa shape index (κ2) is 4.14. The lowest BCUT2D eigenvalue weighted by Gasteiger charge is -2.23. The minimum atomic E-state index is -0.189. The summed E-state index contributed by atoms with van der Waals surface area (Å²) in [5.74, 6) is -0.359. The number of hydrogen-bond acceptors (Lipinski definition) is 3. The fraction of sp³-hybridized carbons (Fsp3) is 0.636. The first-order valence-electron chi connectivity index (χ1n) is 5.28. The molecule has 1 heterocycles. The van der Waals surface area contributed by atoms with E-state index >= 15 is 0 Å². The molecule has 2 amide bonds. The third kappa shape index (κ3) is 2.09. The Hall–Kier alpha value is -1.16. The SMILES string of the molecule is COC1CCC(=C2CC(=O)NC2=O)CC1. The molecule has 0 spiro atoms. The van der Waals surface area contributed by atoms with E-state index in [9.17, 15) is 9.59 Å². The number of amides is 2. The van der Waals surface area contributed by atoms with Crippen molar-refractivity contribution in [3.8, 4) is 0 Å². The van der Waals surface area contributed by atoms with E-state index < -0.39 is 0 Å². The van der Waals surface area contributed by atoms with Gasteiger partial charge in [-0.2, -0.15) is 0 Å². The fourth-order valence-corrected chi connectivity index (χ4v) is 2.25. The maximum absolute atomic E-state index is 11.4. The maximum Gasteiger partial charge on any atom is 0.254 e. The molecule has 0 radical (unpaired) electrons. The molecule has 0 aromatic carbocycles. The predicted molar refractivity (Wildman–Crippen MR) is 54.1 cm³/mol. The molecule has 2 fully saturated rings. The van der Waals surface area contributed by atoms with Gasteiger partial charge in [-0.3, -0.25) is 14.9 Å². The molecule has 1 aliphatic carbocycles. The van der Waals surface area contributed by atoms with Gasteiger partial charge in [-0.25, -0.2) is 0 Å². The Kier molecular flexibility index (Phi) is 2.86. The smallest absolute Gasteiger partial charge is 0.254 e. The van der Waals surface area contributed by atoms with E-state index in [4.69, 9.17) is 4.74 Å². The number of rotatable bonds is 1. The summed E-state index contributed by atoms with van der Waals surface area (Å²) in [5.41, 5.74) is 1.85. The average molecular weight is 209 g/mol. The van der Waals surface area contributed by atoms with Crippen molar-refractivity contribution in [1.29, 1.82) is 0 Å². The molecule has 1 aliphatic heterocycles. The molecule has 4 heteroatoms. The first kappa shape index (κ1) is 10.4. The van der Waals surface area contributed by atoms with Crippen molar-refractivity contribution < 1.29 is 14.3 Å². The van der Waals surface area contributed by atoms with Crippen molar-refractivity contribution in [1.82, 2.24) is 5.32 Å². The van der Waals surface area contributed by atoms with Gasteiger partial charge in [-0.15, -0.1) is 0 Å². The minimum absolute atomic E-state index is 0.170. The lowest BCUT2D eigenvalue weighted by molar-refractivity contribution is -0.124. The Morgan fingerprint density at radius 2 is 1.93 bits per heavy atom. The first-order chi connectivity index (χ1) is 7.20. The molecule has 1 saturated carbocycles. The average Bonchev–Trinajstić information content (AvgIpc) is 2.58. The summed E-state index contributed by atoms with van der Waals surface area (Å²) in [6.07, 6.45) is 4.26. The summed E-state index contributed by atoms with van der Waals surface area (Å²) in [7, 11) is 1.72. The van der Waals surface area contributed by atoms with Crippen LogP contribution >= 0.6 is 0 Å². The summed E-state index contributed by atoms with van der Waals surface area (Å²) in [6.45, 7) is 0. The molecular formula is C11H15NO3. The van der Waals surface area contributed by atoms with Crippen molar-refractivity contribution in [2.24, 2.45) is 0 Å². The summed E-state index contributed by atoms with van der Waals surface area (Å²) in [6, 6.07) is 0. The number of hydrogen-bond donors (Lipinski definition) is 1. The van der Waals surface area contributed by atoms with Crippen LogP contribution in [0.1, 0.15) is 32.1 Å². The molecule has 0 atom stereocenters. The Morgan fingerprint density at radius 3 is 2.40 bits per heavy atom. The van der Waals surface area contributed by atoms with Crippen molar-refractivity contribution in [3.05, 3.63) is 11.1 Å². The van der Waals surface area contributed by atoms with Crippen LogP contribution in [0.5, 0.6) is 0 Å². The normalized spacial score (nSPS) is 27.1. The van der Waals surface area contributed by atoms with E-state index in [0.717, 1.165) is 31.3 Å². The Morgan fingerprint density at radius 1 is 1.27 bits per heavy atom. The Bertz CT molecular complexity index is 323. The Balaban J connectivity index is 2.08. The first-order valence-corrected chi connectivity index (χ1v) is 5.28. The quantitative estimate of drug-likeness (QED) is 0.516.